The van der Waals surface area contributed by atoms with Crippen molar-refractivity contribution in [2.45, 2.75) is 18.9 Å². The van der Waals surface area contributed by atoms with Crippen molar-refractivity contribution in [2.75, 3.05) is 17.6 Å². The molecular formula is C30H26N6O2S. The highest BCUT2D eigenvalue weighted by molar-refractivity contribution is 7.13. The zero-order chi connectivity index (χ0) is 26.9. The molecule has 0 saturated carbocycles. The molecule has 0 radical (unpaired) electrons. The summed E-state index contributed by atoms with van der Waals surface area (Å²) in [4.78, 5) is 37.9. The van der Waals surface area contributed by atoms with Crippen molar-refractivity contribution >= 4 is 40.2 Å². The minimum absolute atomic E-state index is 0.125. The number of likely N-dealkylation sites (tertiary alicyclic amines) is 1. The van der Waals surface area contributed by atoms with Crippen LogP contribution in [-0.2, 0) is 4.79 Å². The fourth-order valence-electron chi connectivity index (χ4n) is 5.11. The van der Waals surface area contributed by atoms with Gasteiger partial charge >= 0.3 is 0 Å². The molecule has 0 spiro atoms. The molecule has 9 heteroatoms. The van der Waals surface area contributed by atoms with Crippen LogP contribution in [0, 0.1) is 0 Å². The van der Waals surface area contributed by atoms with Gasteiger partial charge in [0, 0.05) is 40.6 Å². The number of aromatic nitrogens is 3. The maximum Gasteiger partial charge on any atom is 0.255 e. The van der Waals surface area contributed by atoms with E-state index in [0.29, 0.717) is 40.6 Å². The highest BCUT2D eigenvalue weighted by atomic mass is 32.1. The molecule has 1 aliphatic rings. The first-order valence-corrected chi connectivity index (χ1v) is 13.5. The van der Waals surface area contributed by atoms with E-state index in [1.165, 1.54) is 11.0 Å². The summed E-state index contributed by atoms with van der Waals surface area (Å²) in [7, 11) is 0. The van der Waals surface area contributed by atoms with Gasteiger partial charge in [-0.2, -0.15) is 0 Å². The second-order valence-corrected chi connectivity index (χ2v) is 10.3. The van der Waals surface area contributed by atoms with E-state index >= 15 is 0 Å². The Bertz CT molecular complexity index is 1690. The molecule has 8 nitrogen and oxygen atoms in total. The summed E-state index contributed by atoms with van der Waals surface area (Å²) in [5, 5.41) is 5.02. The van der Waals surface area contributed by atoms with E-state index < -0.39 is 0 Å². The monoisotopic (exact) mass is 534 g/mol. The second-order valence-electron chi connectivity index (χ2n) is 9.33. The van der Waals surface area contributed by atoms with Crippen LogP contribution in [0.25, 0.3) is 27.2 Å². The number of imidazole rings is 1. The van der Waals surface area contributed by atoms with Gasteiger partial charge < -0.3 is 16.0 Å². The van der Waals surface area contributed by atoms with Gasteiger partial charge in [0.25, 0.3) is 5.91 Å². The molecular weight excluding hydrogens is 508 g/mol. The first-order valence-electron chi connectivity index (χ1n) is 12.6. The average Bonchev–Trinajstić information content (AvgIpc) is 3.73. The molecule has 194 valence electrons. The van der Waals surface area contributed by atoms with Gasteiger partial charge in [0.05, 0.1) is 6.04 Å². The highest BCUT2D eigenvalue weighted by Gasteiger charge is 2.33. The van der Waals surface area contributed by atoms with E-state index in [1.54, 1.807) is 34.6 Å². The number of carbonyl (C=O) groups excluding carboxylic acids is 2. The zero-order valence-electron chi connectivity index (χ0n) is 21.1. The maximum absolute atomic E-state index is 13.2. The van der Waals surface area contributed by atoms with E-state index in [0.717, 1.165) is 24.0 Å². The Morgan fingerprint density at radius 2 is 1.95 bits per heavy atom. The van der Waals surface area contributed by atoms with Crippen LogP contribution in [0.5, 0.6) is 0 Å². The summed E-state index contributed by atoms with van der Waals surface area (Å²) in [5.74, 6) is 0.683. The number of nitrogens with zero attached hydrogens (tertiary/aromatic N) is 4. The topological polar surface area (TPSA) is 106 Å². The molecule has 0 aliphatic carbocycles. The summed E-state index contributed by atoms with van der Waals surface area (Å²) >= 11 is 1.67. The summed E-state index contributed by atoms with van der Waals surface area (Å²) in [5.41, 5.74) is 10.6. The Kier molecular flexibility index (Phi) is 6.42. The number of carbonyl (C=O) groups is 2. The second kappa shape index (κ2) is 10.2. The summed E-state index contributed by atoms with van der Waals surface area (Å²) < 4.78 is 1.90. The largest absolute Gasteiger partial charge is 0.382 e. The van der Waals surface area contributed by atoms with E-state index in [-0.39, 0.29) is 17.9 Å². The number of nitrogens with two attached hydrogens (primary N) is 1. The summed E-state index contributed by atoms with van der Waals surface area (Å²) in [6, 6.07) is 19.0. The number of nitrogens with one attached hydrogen (secondary N) is 1. The van der Waals surface area contributed by atoms with Crippen LogP contribution in [0.3, 0.4) is 0 Å². The first-order chi connectivity index (χ1) is 19.0. The molecule has 1 saturated heterocycles. The van der Waals surface area contributed by atoms with E-state index in [2.05, 4.69) is 22.9 Å². The third-order valence-corrected chi connectivity index (χ3v) is 7.88. The molecule has 2 aromatic carbocycles. The minimum Gasteiger partial charge on any atom is -0.382 e. The number of thiophene rings is 1. The molecule has 2 amide bonds. The Hall–Kier alpha value is -4.76. The lowest BCUT2D eigenvalue weighted by molar-refractivity contribution is -0.127. The van der Waals surface area contributed by atoms with Crippen LogP contribution >= 0.6 is 11.3 Å². The van der Waals surface area contributed by atoms with Gasteiger partial charge in [-0.05, 0) is 60.2 Å². The lowest BCUT2D eigenvalue weighted by Gasteiger charge is -2.22. The molecule has 1 atom stereocenters. The van der Waals surface area contributed by atoms with Crippen LogP contribution in [0.1, 0.15) is 35.1 Å². The van der Waals surface area contributed by atoms with Gasteiger partial charge in [0.15, 0.2) is 0 Å². The molecule has 6 rings (SSSR count). The standard InChI is InChI=1S/C30H26N6O2S/c1-2-25(37)35-15-4-8-23(35)29-34-26(27-28(31)32-14-16-36(27)29)20-6-3-7-21(18-20)30(38)33-22-12-10-19(11-13-22)24-9-5-17-39-24/h2-3,5-7,9-14,16-18,23H,1,4,8,15H2,(H2,31,32)(H,33,38)/t23-/m0/s1. The van der Waals surface area contributed by atoms with Gasteiger partial charge in [-0.1, -0.05) is 36.9 Å². The maximum atomic E-state index is 13.2. The van der Waals surface area contributed by atoms with Crippen molar-refractivity contribution in [1.82, 2.24) is 19.3 Å². The molecule has 1 fully saturated rings. The van der Waals surface area contributed by atoms with Gasteiger partial charge in [-0.3, -0.25) is 14.0 Å². The number of nitrogen functional groups attached to an aromatic ring is 1. The Morgan fingerprint density at radius 3 is 2.72 bits per heavy atom. The quantitative estimate of drug-likeness (QED) is 0.268. The van der Waals surface area contributed by atoms with Gasteiger partial charge in [0.2, 0.25) is 5.91 Å². The lowest BCUT2D eigenvalue weighted by Crippen LogP contribution is -2.29. The van der Waals surface area contributed by atoms with Crippen LogP contribution in [-0.4, -0.2) is 37.6 Å². The molecule has 0 bridgehead atoms. The van der Waals surface area contributed by atoms with E-state index in [4.69, 9.17) is 10.7 Å². The SMILES string of the molecule is C=CC(=O)N1CCC[C@H]1c1nc(-c2cccc(C(=O)Nc3ccc(-c4cccs4)cc3)c2)c2c(N)nccn12. The van der Waals surface area contributed by atoms with Gasteiger partial charge in [-0.25, -0.2) is 9.97 Å². The van der Waals surface area contributed by atoms with Gasteiger partial charge in [-0.15, -0.1) is 11.3 Å². The number of anilines is 2. The smallest absolute Gasteiger partial charge is 0.255 e. The fraction of sp³-hybridized carbons (Fsp3) is 0.133. The molecule has 5 aromatic rings. The van der Waals surface area contributed by atoms with E-state index in [9.17, 15) is 9.59 Å². The lowest BCUT2D eigenvalue weighted by atomic mass is 10.1. The van der Waals surface area contributed by atoms with Crippen molar-refractivity contribution in [3.05, 3.63) is 102 Å². The third kappa shape index (κ3) is 4.57. The molecule has 3 N–H and O–H groups in total. The minimum atomic E-state index is -0.228. The molecule has 3 aromatic heterocycles. The van der Waals surface area contributed by atoms with Crippen LogP contribution in [0.15, 0.2) is 91.1 Å². The van der Waals surface area contributed by atoms with Crippen LogP contribution in [0.4, 0.5) is 11.5 Å². The van der Waals surface area contributed by atoms with Crippen molar-refractivity contribution in [3.63, 3.8) is 0 Å². The summed E-state index contributed by atoms with van der Waals surface area (Å²) in [6.45, 7) is 4.29. The van der Waals surface area contributed by atoms with Crippen molar-refractivity contribution in [1.29, 1.82) is 0 Å². The van der Waals surface area contributed by atoms with Crippen molar-refractivity contribution in [2.24, 2.45) is 0 Å². The fourth-order valence-corrected chi connectivity index (χ4v) is 5.84. The number of hydrogen-bond acceptors (Lipinski definition) is 6. The summed E-state index contributed by atoms with van der Waals surface area (Å²) in [6.07, 6.45) is 6.43. The van der Waals surface area contributed by atoms with E-state index in [1.807, 2.05) is 58.4 Å². The number of benzene rings is 2. The van der Waals surface area contributed by atoms with Crippen molar-refractivity contribution in [3.8, 4) is 21.7 Å². The number of rotatable bonds is 6. The number of hydrogen-bond donors (Lipinski definition) is 2. The average molecular weight is 535 g/mol. The van der Waals surface area contributed by atoms with Crippen LogP contribution < -0.4 is 11.1 Å². The first kappa shape index (κ1) is 24.6. The normalized spacial score (nSPS) is 15.0. The zero-order valence-corrected chi connectivity index (χ0v) is 21.9. The molecule has 1 aliphatic heterocycles. The Labute approximate surface area is 229 Å². The molecule has 4 heterocycles. The molecule has 39 heavy (non-hydrogen) atoms. The third-order valence-electron chi connectivity index (χ3n) is 6.97. The Morgan fingerprint density at radius 1 is 1.10 bits per heavy atom. The van der Waals surface area contributed by atoms with Crippen molar-refractivity contribution < 1.29 is 9.59 Å². The Balaban J connectivity index is 1.32. The highest BCUT2D eigenvalue weighted by Crippen LogP contribution is 2.36. The number of amides is 2. The van der Waals surface area contributed by atoms with Gasteiger partial charge in [0.1, 0.15) is 22.9 Å². The number of fused-ring (bicyclic) bond motifs is 1. The molecule has 0 unspecified atom stereocenters. The predicted molar refractivity (Wildman–Crippen MR) is 154 cm³/mol. The van der Waals surface area contributed by atoms with Crippen LogP contribution in [0.2, 0.25) is 0 Å². The predicted octanol–water partition coefficient (Wildman–Crippen LogP) is 5.81.